The number of anilines is 2. The van der Waals surface area contributed by atoms with Crippen molar-refractivity contribution in [3.63, 3.8) is 0 Å². The van der Waals surface area contributed by atoms with E-state index >= 15 is 0 Å². The van der Waals surface area contributed by atoms with E-state index in [1.807, 2.05) is 59.5 Å². The van der Waals surface area contributed by atoms with Gasteiger partial charge in [-0.3, -0.25) is 4.79 Å². The second kappa shape index (κ2) is 8.56. The highest BCUT2D eigenvalue weighted by molar-refractivity contribution is 5.77. The number of hydrogen-bond acceptors (Lipinski definition) is 5. The molecule has 0 radical (unpaired) electrons. The average Bonchev–Trinajstić information content (AvgIpc) is 2.76. The predicted molar refractivity (Wildman–Crippen MR) is 113 cm³/mol. The minimum atomic E-state index is 0.0994. The SMILES string of the molecule is CC(=O)N1CC=C(c2cccnc2Oc2ccc(Nc3ccccn3)cc2)CC1. The molecule has 3 aromatic rings. The molecule has 1 N–H and O–H groups in total. The number of pyridine rings is 2. The molecule has 0 saturated heterocycles. The fourth-order valence-corrected chi connectivity index (χ4v) is 3.22. The van der Waals surface area contributed by atoms with Gasteiger partial charge in [-0.05, 0) is 60.5 Å². The lowest BCUT2D eigenvalue weighted by Crippen LogP contribution is -2.32. The van der Waals surface area contributed by atoms with Gasteiger partial charge in [-0.2, -0.15) is 0 Å². The summed E-state index contributed by atoms with van der Waals surface area (Å²) in [6.07, 6.45) is 6.34. The summed E-state index contributed by atoms with van der Waals surface area (Å²) in [4.78, 5) is 22.1. The van der Waals surface area contributed by atoms with Gasteiger partial charge >= 0.3 is 0 Å². The molecule has 29 heavy (non-hydrogen) atoms. The van der Waals surface area contributed by atoms with E-state index in [1.165, 1.54) is 0 Å². The summed E-state index contributed by atoms with van der Waals surface area (Å²) < 4.78 is 6.07. The van der Waals surface area contributed by atoms with Gasteiger partial charge in [0.05, 0.1) is 0 Å². The zero-order valence-corrected chi connectivity index (χ0v) is 16.2. The van der Waals surface area contributed by atoms with Gasteiger partial charge in [-0.15, -0.1) is 0 Å². The maximum Gasteiger partial charge on any atom is 0.226 e. The number of nitrogens with one attached hydrogen (secondary N) is 1. The molecular weight excluding hydrogens is 364 g/mol. The van der Waals surface area contributed by atoms with Crippen molar-refractivity contribution in [2.45, 2.75) is 13.3 Å². The molecule has 1 aromatic carbocycles. The van der Waals surface area contributed by atoms with Crippen molar-refractivity contribution in [2.75, 3.05) is 18.4 Å². The number of amides is 1. The van der Waals surface area contributed by atoms with E-state index in [2.05, 4.69) is 21.4 Å². The van der Waals surface area contributed by atoms with Crippen molar-refractivity contribution in [1.82, 2.24) is 14.9 Å². The van der Waals surface area contributed by atoms with Crippen LogP contribution in [0.1, 0.15) is 18.9 Å². The summed E-state index contributed by atoms with van der Waals surface area (Å²) in [6.45, 7) is 2.93. The Kier molecular flexibility index (Phi) is 5.52. The lowest BCUT2D eigenvalue weighted by atomic mass is 10.0. The van der Waals surface area contributed by atoms with Gasteiger partial charge in [0.1, 0.15) is 11.6 Å². The molecule has 0 spiro atoms. The van der Waals surface area contributed by atoms with E-state index < -0.39 is 0 Å². The van der Waals surface area contributed by atoms with E-state index in [4.69, 9.17) is 4.74 Å². The first kappa shape index (κ1) is 18.7. The highest BCUT2D eigenvalue weighted by Crippen LogP contribution is 2.32. The van der Waals surface area contributed by atoms with Gasteiger partial charge in [0.15, 0.2) is 0 Å². The zero-order valence-electron chi connectivity index (χ0n) is 16.2. The van der Waals surface area contributed by atoms with E-state index in [0.717, 1.165) is 29.1 Å². The summed E-state index contributed by atoms with van der Waals surface area (Å²) in [6, 6.07) is 17.3. The molecule has 6 heteroatoms. The Hall–Kier alpha value is -3.67. The summed E-state index contributed by atoms with van der Waals surface area (Å²) in [5.74, 6) is 2.16. The molecule has 3 heterocycles. The third-order valence-corrected chi connectivity index (χ3v) is 4.78. The van der Waals surface area contributed by atoms with Crippen LogP contribution in [0, 0.1) is 0 Å². The van der Waals surface area contributed by atoms with Crippen LogP contribution in [0.4, 0.5) is 11.5 Å². The normalized spacial score (nSPS) is 13.6. The van der Waals surface area contributed by atoms with Gasteiger partial charge in [-0.25, -0.2) is 9.97 Å². The standard InChI is InChI=1S/C23H22N4O2/c1-17(28)27-15-11-18(12-16-27)21-5-4-14-25-23(21)29-20-9-7-19(8-10-20)26-22-6-2-3-13-24-22/h2-11,13-14H,12,15-16H2,1H3,(H,24,26). The van der Waals surface area contributed by atoms with Gasteiger partial charge in [0.2, 0.25) is 11.8 Å². The van der Waals surface area contributed by atoms with Crippen LogP contribution >= 0.6 is 0 Å². The molecule has 146 valence electrons. The Morgan fingerprint density at radius 1 is 1.03 bits per heavy atom. The zero-order chi connectivity index (χ0) is 20.1. The van der Waals surface area contributed by atoms with Crippen LogP contribution in [0.15, 0.2) is 73.1 Å². The number of ether oxygens (including phenoxy) is 1. The highest BCUT2D eigenvalue weighted by atomic mass is 16.5. The Morgan fingerprint density at radius 2 is 1.86 bits per heavy atom. The molecule has 0 aliphatic carbocycles. The average molecular weight is 386 g/mol. The van der Waals surface area contributed by atoms with E-state index in [0.29, 0.717) is 24.7 Å². The maximum atomic E-state index is 11.5. The number of nitrogens with zero attached hydrogens (tertiary/aromatic N) is 3. The van der Waals surface area contributed by atoms with Crippen LogP contribution in [0.25, 0.3) is 5.57 Å². The molecule has 2 aromatic heterocycles. The topological polar surface area (TPSA) is 67.4 Å². The summed E-state index contributed by atoms with van der Waals surface area (Å²) in [5.41, 5.74) is 3.04. The summed E-state index contributed by atoms with van der Waals surface area (Å²) >= 11 is 0. The molecule has 0 atom stereocenters. The van der Waals surface area contributed by atoms with Gasteiger partial charge in [-0.1, -0.05) is 12.1 Å². The Labute approximate surface area is 169 Å². The summed E-state index contributed by atoms with van der Waals surface area (Å²) in [5, 5.41) is 3.25. The third-order valence-electron chi connectivity index (χ3n) is 4.78. The Morgan fingerprint density at radius 3 is 2.55 bits per heavy atom. The quantitative estimate of drug-likeness (QED) is 0.691. The van der Waals surface area contributed by atoms with Gasteiger partial charge in [0, 0.05) is 43.7 Å². The van der Waals surface area contributed by atoms with Crippen molar-refractivity contribution < 1.29 is 9.53 Å². The maximum absolute atomic E-state index is 11.5. The monoisotopic (exact) mass is 386 g/mol. The molecule has 0 fully saturated rings. The van der Waals surface area contributed by atoms with E-state index in [9.17, 15) is 4.79 Å². The second-order valence-corrected chi connectivity index (χ2v) is 6.77. The molecule has 1 aliphatic heterocycles. The highest BCUT2D eigenvalue weighted by Gasteiger charge is 2.18. The number of carbonyl (C=O) groups is 1. The smallest absolute Gasteiger partial charge is 0.226 e. The number of aromatic nitrogens is 2. The fourth-order valence-electron chi connectivity index (χ4n) is 3.22. The fraction of sp³-hybridized carbons (Fsp3) is 0.174. The second-order valence-electron chi connectivity index (χ2n) is 6.77. The molecule has 0 bridgehead atoms. The number of hydrogen-bond donors (Lipinski definition) is 1. The first-order chi connectivity index (χ1) is 14.2. The van der Waals surface area contributed by atoms with E-state index in [1.54, 1.807) is 19.3 Å². The molecule has 1 aliphatic rings. The lowest BCUT2D eigenvalue weighted by molar-refractivity contribution is -0.128. The lowest BCUT2D eigenvalue weighted by Gasteiger charge is -2.25. The van der Waals surface area contributed by atoms with Crippen molar-refractivity contribution >= 4 is 23.0 Å². The van der Waals surface area contributed by atoms with Crippen LogP contribution in [-0.4, -0.2) is 33.9 Å². The first-order valence-corrected chi connectivity index (χ1v) is 9.55. The number of carbonyl (C=O) groups excluding carboxylic acids is 1. The van der Waals surface area contributed by atoms with Crippen LogP contribution in [0.3, 0.4) is 0 Å². The number of rotatable bonds is 5. The minimum Gasteiger partial charge on any atom is -0.438 e. The van der Waals surface area contributed by atoms with Crippen LogP contribution < -0.4 is 10.1 Å². The molecule has 1 amide bonds. The van der Waals surface area contributed by atoms with Crippen molar-refractivity contribution in [1.29, 1.82) is 0 Å². The predicted octanol–water partition coefficient (Wildman–Crippen LogP) is 4.65. The minimum absolute atomic E-state index is 0.0994. The van der Waals surface area contributed by atoms with Crippen molar-refractivity contribution in [3.8, 4) is 11.6 Å². The van der Waals surface area contributed by atoms with Crippen LogP contribution in [0.2, 0.25) is 0 Å². The largest absolute Gasteiger partial charge is 0.438 e. The molecule has 4 rings (SSSR count). The van der Waals surface area contributed by atoms with Crippen LogP contribution in [-0.2, 0) is 4.79 Å². The molecule has 0 unspecified atom stereocenters. The van der Waals surface area contributed by atoms with Crippen molar-refractivity contribution in [2.24, 2.45) is 0 Å². The van der Waals surface area contributed by atoms with Crippen molar-refractivity contribution in [3.05, 3.63) is 78.6 Å². The van der Waals surface area contributed by atoms with E-state index in [-0.39, 0.29) is 5.91 Å². The molecular formula is C23H22N4O2. The Bertz CT molecular complexity index is 1020. The molecule has 6 nitrogen and oxygen atoms in total. The molecule has 0 saturated carbocycles. The van der Waals surface area contributed by atoms with Crippen LogP contribution in [0.5, 0.6) is 11.6 Å². The first-order valence-electron chi connectivity index (χ1n) is 9.55. The Balaban J connectivity index is 1.48. The third kappa shape index (κ3) is 4.60. The number of benzene rings is 1. The van der Waals surface area contributed by atoms with Gasteiger partial charge in [0.25, 0.3) is 0 Å². The summed E-state index contributed by atoms with van der Waals surface area (Å²) in [7, 11) is 0. The van der Waals surface area contributed by atoms with Gasteiger partial charge < -0.3 is 15.0 Å².